The number of esters is 1. The zero-order chi connectivity index (χ0) is 13.8. The Labute approximate surface area is 116 Å². The van der Waals surface area contributed by atoms with Gasteiger partial charge in [-0.05, 0) is 12.1 Å². The smallest absolute Gasteiger partial charge is 0.358 e. The second-order valence-electron chi connectivity index (χ2n) is 3.44. The summed E-state index contributed by atoms with van der Waals surface area (Å²) in [6.45, 7) is 0. The first-order valence-electron chi connectivity index (χ1n) is 5.13. The summed E-state index contributed by atoms with van der Waals surface area (Å²) in [5, 5.41) is 0. The molecule has 0 aliphatic rings. The summed E-state index contributed by atoms with van der Waals surface area (Å²) in [6.07, 6.45) is 2.47. The van der Waals surface area contributed by atoms with Gasteiger partial charge in [0.25, 0.3) is 0 Å². The molecule has 0 bridgehead atoms. The number of carbonyl (C=O) groups excluding carboxylic acids is 1. The summed E-state index contributed by atoms with van der Waals surface area (Å²) in [5.74, 6) is -0.617. The highest BCUT2D eigenvalue weighted by atomic mass is 79.9. The molecule has 7 heteroatoms. The van der Waals surface area contributed by atoms with Gasteiger partial charge in [0, 0.05) is 10.5 Å². The lowest BCUT2D eigenvalue weighted by Crippen LogP contribution is -2.04. The van der Waals surface area contributed by atoms with E-state index in [4.69, 9.17) is 4.74 Å². The van der Waals surface area contributed by atoms with E-state index in [1.165, 1.54) is 31.6 Å². The van der Waals surface area contributed by atoms with E-state index < -0.39 is 11.8 Å². The fraction of sp³-hybridized carbons (Fsp3) is 0.0833. The molecule has 19 heavy (non-hydrogen) atoms. The molecule has 0 amide bonds. The first kappa shape index (κ1) is 13.4. The van der Waals surface area contributed by atoms with Gasteiger partial charge in [0.15, 0.2) is 5.69 Å². The van der Waals surface area contributed by atoms with Crippen molar-refractivity contribution in [2.24, 2.45) is 0 Å². The Morgan fingerprint density at radius 3 is 2.63 bits per heavy atom. The highest BCUT2D eigenvalue weighted by Crippen LogP contribution is 2.24. The molecular weight excluding hydrogens is 319 g/mol. The van der Waals surface area contributed by atoms with Crippen LogP contribution in [0.25, 0.3) is 0 Å². The molecule has 98 valence electrons. The highest BCUT2D eigenvalue weighted by molar-refractivity contribution is 9.10. The lowest BCUT2D eigenvalue weighted by Gasteiger charge is -2.05. The van der Waals surface area contributed by atoms with Crippen LogP contribution in [0.5, 0.6) is 11.6 Å². The number of rotatable bonds is 3. The molecule has 0 spiro atoms. The molecule has 1 aromatic carbocycles. The number of aromatic nitrogens is 2. The number of nitrogens with zero attached hydrogens (tertiary/aromatic N) is 2. The quantitative estimate of drug-likeness (QED) is 0.811. The third kappa shape index (κ3) is 3.47. The van der Waals surface area contributed by atoms with Crippen molar-refractivity contribution in [2.45, 2.75) is 0 Å². The summed E-state index contributed by atoms with van der Waals surface area (Å²) in [5.41, 5.74) is 0.0651. The van der Waals surface area contributed by atoms with Gasteiger partial charge in [0.2, 0.25) is 5.88 Å². The van der Waals surface area contributed by atoms with Gasteiger partial charge in [0.05, 0.1) is 19.5 Å². The zero-order valence-corrected chi connectivity index (χ0v) is 11.3. The monoisotopic (exact) mass is 326 g/mol. The Balaban J connectivity index is 2.17. The van der Waals surface area contributed by atoms with Gasteiger partial charge in [-0.15, -0.1) is 0 Å². The van der Waals surface area contributed by atoms with Crippen molar-refractivity contribution in [3.8, 4) is 11.6 Å². The van der Waals surface area contributed by atoms with E-state index in [0.717, 1.165) is 0 Å². The summed E-state index contributed by atoms with van der Waals surface area (Å²) in [7, 11) is 1.25. The van der Waals surface area contributed by atoms with Gasteiger partial charge >= 0.3 is 5.97 Å². The molecule has 0 N–H and O–H groups in total. The van der Waals surface area contributed by atoms with E-state index in [9.17, 15) is 9.18 Å². The Bertz CT molecular complexity index is 584. The maximum Gasteiger partial charge on any atom is 0.358 e. The summed E-state index contributed by atoms with van der Waals surface area (Å²) in [4.78, 5) is 18.9. The first-order chi connectivity index (χ1) is 9.08. The first-order valence-corrected chi connectivity index (χ1v) is 5.92. The highest BCUT2D eigenvalue weighted by Gasteiger charge is 2.08. The van der Waals surface area contributed by atoms with Crippen LogP contribution in [0.2, 0.25) is 0 Å². The molecule has 0 aliphatic heterocycles. The minimum absolute atomic E-state index is 0.0651. The fourth-order valence-electron chi connectivity index (χ4n) is 1.29. The Morgan fingerprint density at radius 1 is 1.26 bits per heavy atom. The van der Waals surface area contributed by atoms with Gasteiger partial charge in [0.1, 0.15) is 11.6 Å². The van der Waals surface area contributed by atoms with Crippen molar-refractivity contribution < 1.29 is 18.7 Å². The number of halogens is 2. The molecule has 0 radical (unpaired) electrons. The van der Waals surface area contributed by atoms with E-state index >= 15 is 0 Å². The Hall–Kier alpha value is -2.02. The van der Waals surface area contributed by atoms with Crippen LogP contribution in [0.3, 0.4) is 0 Å². The SMILES string of the molecule is COC(=O)c1cnc(Oc2cc(F)cc(Br)c2)cn1. The molecule has 1 heterocycles. The van der Waals surface area contributed by atoms with Crippen LogP contribution in [0.4, 0.5) is 4.39 Å². The molecule has 0 aliphatic carbocycles. The maximum absolute atomic E-state index is 13.1. The molecule has 0 unspecified atom stereocenters. The summed E-state index contributed by atoms with van der Waals surface area (Å²) >= 11 is 3.15. The topological polar surface area (TPSA) is 61.3 Å². The molecule has 0 fully saturated rings. The van der Waals surface area contributed by atoms with E-state index in [1.807, 2.05) is 0 Å². The average molecular weight is 327 g/mol. The Kier molecular flexibility index (Phi) is 4.06. The van der Waals surface area contributed by atoms with Crippen molar-refractivity contribution in [3.63, 3.8) is 0 Å². The molecular formula is C12H8BrFN2O3. The van der Waals surface area contributed by atoms with Crippen LogP contribution in [0.15, 0.2) is 35.1 Å². The van der Waals surface area contributed by atoms with Crippen molar-refractivity contribution in [3.05, 3.63) is 46.6 Å². The fourth-order valence-corrected chi connectivity index (χ4v) is 1.73. The van der Waals surface area contributed by atoms with Gasteiger partial charge in [-0.1, -0.05) is 15.9 Å². The third-order valence-electron chi connectivity index (χ3n) is 2.08. The van der Waals surface area contributed by atoms with E-state index in [0.29, 0.717) is 4.47 Å². The van der Waals surface area contributed by atoms with Crippen molar-refractivity contribution >= 4 is 21.9 Å². The molecule has 1 aromatic heterocycles. The third-order valence-corrected chi connectivity index (χ3v) is 2.54. The zero-order valence-electron chi connectivity index (χ0n) is 9.76. The minimum Gasteiger partial charge on any atom is -0.464 e. The van der Waals surface area contributed by atoms with E-state index in [-0.39, 0.29) is 17.3 Å². The predicted octanol–water partition coefficient (Wildman–Crippen LogP) is 2.96. The normalized spacial score (nSPS) is 10.1. The van der Waals surface area contributed by atoms with Crippen molar-refractivity contribution in [1.29, 1.82) is 0 Å². The van der Waals surface area contributed by atoms with E-state index in [2.05, 4.69) is 30.6 Å². The predicted molar refractivity (Wildman–Crippen MR) is 67.5 cm³/mol. The minimum atomic E-state index is -0.590. The maximum atomic E-state index is 13.1. The summed E-state index contributed by atoms with van der Waals surface area (Å²) < 4.78 is 23.5. The van der Waals surface area contributed by atoms with Crippen molar-refractivity contribution in [2.75, 3.05) is 7.11 Å². The number of ether oxygens (including phenoxy) is 2. The van der Waals surface area contributed by atoms with Gasteiger partial charge in [-0.3, -0.25) is 0 Å². The largest absolute Gasteiger partial charge is 0.464 e. The van der Waals surface area contributed by atoms with Gasteiger partial charge < -0.3 is 9.47 Å². The van der Waals surface area contributed by atoms with Crippen LogP contribution in [0.1, 0.15) is 10.5 Å². The molecule has 2 rings (SSSR count). The number of hydrogen-bond acceptors (Lipinski definition) is 5. The average Bonchev–Trinajstić information content (AvgIpc) is 2.37. The molecule has 0 saturated heterocycles. The van der Waals surface area contributed by atoms with Crippen molar-refractivity contribution in [1.82, 2.24) is 9.97 Å². The van der Waals surface area contributed by atoms with Gasteiger partial charge in [-0.2, -0.15) is 0 Å². The molecule has 0 saturated carbocycles. The number of carbonyl (C=O) groups is 1. The number of benzene rings is 1. The van der Waals surface area contributed by atoms with Crippen LogP contribution in [0, 0.1) is 5.82 Å². The lowest BCUT2D eigenvalue weighted by molar-refractivity contribution is 0.0593. The van der Waals surface area contributed by atoms with E-state index in [1.54, 1.807) is 6.07 Å². The number of methoxy groups -OCH3 is 1. The second kappa shape index (κ2) is 5.75. The number of hydrogen-bond donors (Lipinski definition) is 0. The molecule has 5 nitrogen and oxygen atoms in total. The second-order valence-corrected chi connectivity index (χ2v) is 4.35. The lowest BCUT2D eigenvalue weighted by atomic mass is 10.3. The Morgan fingerprint density at radius 2 is 2.05 bits per heavy atom. The van der Waals surface area contributed by atoms with Crippen LogP contribution >= 0.6 is 15.9 Å². The standard InChI is InChI=1S/C12H8BrFN2O3/c1-18-12(17)10-5-16-11(6-15-10)19-9-3-7(13)2-8(14)4-9/h2-6H,1H3. The van der Waals surface area contributed by atoms with Gasteiger partial charge in [-0.25, -0.2) is 19.2 Å². The van der Waals surface area contributed by atoms with Crippen LogP contribution in [-0.2, 0) is 4.74 Å². The van der Waals surface area contributed by atoms with Crippen LogP contribution < -0.4 is 4.74 Å². The van der Waals surface area contributed by atoms with Crippen LogP contribution in [-0.4, -0.2) is 23.0 Å². The molecule has 0 atom stereocenters. The summed E-state index contributed by atoms with van der Waals surface area (Å²) in [6, 6.07) is 4.10. The molecule has 2 aromatic rings.